The van der Waals surface area contributed by atoms with Crippen LogP contribution in [0.15, 0.2) is 29.2 Å². The molecular weight excluding hydrogens is 238 g/mol. The second-order valence-electron chi connectivity index (χ2n) is 4.35. The van der Waals surface area contributed by atoms with Gasteiger partial charge in [0.05, 0.1) is 11.5 Å². The minimum atomic E-state index is -3.38. The fraction of sp³-hybridized carbons (Fsp3) is 0.500. The Morgan fingerprint density at radius 2 is 2.18 bits per heavy atom. The molecule has 1 unspecified atom stereocenters. The summed E-state index contributed by atoms with van der Waals surface area (Å²) in [4.78, 5) is 0.360. The fourth-order valence-electron chi connectivity index (χ4n) is 1.91. The molecule has 0 aliphatic carbocycles. The average molecular weight is 255 g/mol. The number of aryl methyl sites for hydroxylation is 1. The van der Waals surface area contributed by atoms with Crippen LogP contribution in [-0.4, -0.2) is 28.2 Å². The highest BCUT2D eigenvalue weighted by Gasteiger charge is 2.20. The molecule has 1 aliphatic heterocycles. The standard InChI is InChI=1S/C12H17NO3S/c1-10-4-2-3-5-12(10)17(14,15)13-8-11-6-7-16-9-11/h2-5,11,13H,6-9H2,1H3. The Bertz CT molecular complexity index is 478. The topological polar surface area (TPSA) is 55.4 Å². The smallest absolute Gasteiger partial charge is 0.240 e. The Labute approximate surface area is 102 Å². The zero-order chi connectivity index (χ0) is 12.3. The lowest BCUT2D eigenvalue weighted by Crippen LogP contribution is -2.30. The van der Waals surface area contributed by atoms with Crippen LogP contribution >= 0.6 is 0 Å². The van der Waals surface area contributed by atoms with E-state index in [0.29, 0.717) is 24.0 Å². The molecule has 4 nitrogen and oxygen atoms in total. The molecule has 1 fully saturated rings. The van der Waals surface area contributed by atoms with Gasteiger partial charge in [0.2, 0.25) is 10.0 Å². The SMILES string of the molecule is Cc1ccccc1S(=O)(=O)NCC1CCOC1. The average Bonchev–Trinajstić information content (AvgIpc) is 2.80. The molecule has 2 rings (SSSR count). The largest absolute Gasteiger partial charge is 0.381 e. The van der Waals surface area contributed by atoms with E-state index in [4.69, 9.17) is 4.74 Å². The van der Waals surface area contributed by atoms with Crippen molar-refractivity contribution in [3.8, 4) is 0 Å². The van der Waals surface area contributed by atoms with Crippen LogP contribution in [0.5, 0.6) is 0 Å². The fourth-order valence-corrected chi connectivity index (χ4v) is 3.27. The molecule has 1 atom stereocenters. The van der Waals surface area contributed by atoms with E-state index in [1.165, 1.54) is 0 Å². The van der Waals surface area contributed by atoms with Crippen LogP contribution in [0, 0.1) is 12.8 Å². The van der Waals surface area contributed by atoms with Gasteiger partial charge in [-0.15, -0.1) is 0 Å². The Hall–Kier alpha value is -0.910. The first-order chi connectivity index (χ1) is 8.09. The van der Waals surface area contributed by atoms with E-state index in [9.17, 15) is 8.42 Å². The monoisotopic (exact) mass is 255 g/mol. The van der Waals surface area contributed by atoms with Crippen LogP contribution in [0.4, 0.5) is 0 Å². The second-order valence-corrected chi connectivity index (χ2v) is 6.08. The number of hydrogen-bond donors (Lipinski definition) is 1. The minimum Gasteiger partial charge on any atom is -0.381 e. The molecule has 0 bridgehead atoms. The Morgan fingerprint density at radius 1 is 1.41 bits per heavy atom. The third-order valence-electron chi connectivity index (χ3n) is 2.97. The molecular formula is C12H17NO3S. The van der Waals surface area contributed by atoms with Gasteiger partial charge in [-0.2, -0.15) is 0 Å². The molecule has 1 aromatic rings. The highest BCUT2D eigenvalue weighted by molar-refractivity contribution is 7.89. The first-order valence-electron chi connectivity index (χ1n) is 5.72. The van der Waals surface area contributed by atoms with Crippen molar-refractivity contribution in [1.82, 2.24) is 4.72 Å². The lowest BCUT2D eigenvalue weighted by atomic mass is 10.1. The molecule has 0 spiro atoms. The molecule has 1 aliphatic rings. The molecule has 1 aromatic carbocycles. The van der Waals surface area contributed by atoms with Crippen molar-refractivity contribution >= 4 is 10.0 Å². The maximum atomic E-state index is 12.1. The molecule has 0 aromatic heterocycles. The van der Waals surface area contributed by atoms with Gasteiger partial charge in [-0.05, 0) is 30.9 Å². The lowest BCUT2D eigenvalue weighted by Gasteiger charge is -2.11. The van der Waals surface area contributed by atoms with Crippen molar-refractivity contribution in [3.05, 3.63) is 29.8 Å². The van der Waals surface area contributed by atoms with Gasteiger partial charge in [-0.3, -0.25) is 0 Å². The van der Waals surface area contributed by atoms with Gasteiger partial charge >= 0.3 is 0 Å². The molecule has 1 heterocycles. The lowest BCUT2D eigenvalue weighted by molar-refractivity contribution is 0.186. The first-order valence-corrected chi connectivity index (χ1v) is 7.21. The van der Waals surface area contributed by atoms with Crippen molar-refractivity contribution in [2.75, 3.05) is 19.8 Å². The van der Waals surface area contributed by atoms with Gasteiger partial charge in [0.25, 0.3) is 0 Å². The van der Waals surface area contributed by atoms with Crippen LogP contribution in [-0.2, 0) is 14.8 Å². The van der Waals surface area contributed by atoms with E-state index in [1.54, 1.807) is 25.1 Å². The summed E-state index contributed by atoms with van der Waals surface area (Å²) in [6.45, 7) is 3.64. The van der Waals surface area contributed by atoms with E-state index >= 15 is 0 Å². The zero-order valence-electron chi connectivity index (χ0n) is 9.85. The Balaban J connectivity index is 2.06. The number of nitrogens with one attached hydrogen (secondary N) is 1. The van der Waals surface area contributed by atoms with Crippen molar-refractivity contribution in [2.24, 2.45) is 5.92 Å². The Morgan fingerprint density at radius 3 is 2.82 bits per heavy atom. The zero-order valence-corrected chi connectivity index (χ0v) is 10.7. The van der Waals surface area contributed by atoms with Crippen LogP contribution in [0.3, 0.4) is 0 Å². The predicted molar refractivity (Wildman–Crippen MR) is 65.3 cm³/mol. The summed E-state index contributed by atoms with van der Waals surface area (Å²) >= 11 is 0. The maximum Gasteiger partial charge on any atom is 0.240 e. The van der Waals surface area contributed by atoms with Crippen molar-refractivity contribution in [1.29, 1.82) is 0 Å². The van der Waals surface area contributed by atoms with Crippen LogP contribution in [0.25, 0.3) is 0 Å². The summed E-state index contributed by atoms with van der Waals surface area (Å²) in [6, 6.07) is 7.00. The molecule has 0 radical (unpaired) electrons. The number of ether oxygens (including phenoxy) is 1. The summed E-state index contributed by atoms with van der Waals surface area (Å²) in [7, 11) is -3.38. The molecule has 0 saturated carbocycles. The van der Waals surface area contributed by atoms with Gasteiger partial charge in [0, 0.05) is 13.2 Å². The third kappa shape index (κ3) is 3.06. The summed E-state index contributed by atoms with van der Waals surface area (Å²) in [5, 5.41) is 0. The highest BCUT2D eigenvalue weighted by atomic mass is 32.2. The van der Waals surface area contributed by atoms with Crippen LogP contribution in [0.2, 0.25) is 0 Å². The molecule has 17 heavy (non-hydrogen) atoms. The van der Waals surface area contributed by atoms with E-state index in [-0.39, 0.29) is 0 Å². The van der Waals surface area contributed by atoms with E-state index in [1.807, 2.05) is 6.07 Å². The molecule has 0 amide bonds. The summed E-state index contributed by atoms with van der Waals surface area (Å²) < 4.78 is 32.0. The Kier molecular flexibility index (Phi) is 3.81. The number of sulfonamides is 1. The maximum absolute atomic E-state index is 12.1. The highest BCUT2D eigenvalue weighted by Crippen LogP contribution is 2.16. The van der Waals surface area contributed by atoms with E-state index in [0.717, 1.165) is 18.6 Å². The van der Waals surface area contributed by atoms with Gasteiger partial charge in [-0.1, -0.05) is 18.2 Å². The predicted octanol–water partition coefficient (Wildman–Crippen LogP) is 1.31. The number of rotatable bonds is 4. The first kappa shape index (κ1) is 12.5. The van der Waals surface area contributed by atoms with Crippen molar-refractivity contribution in [2.45, 2.75) is 18.2 Å². The molecule has 5 heteroatoms. The van der Waals surface area contributed by atoms with Gasteiger partial charge in [-0.25, -0.2) is 13.1 Å². The normalized spacial score (nSPS) is 20.6. The van der Waals surface area contributed by atoms with Crippen molar-refractivity contribution in [3.63, 3.8) is 0 Å². The van der Waals surface area contributed by atoms with Crippen LogP contribution < -0.4 is 4.72 Å². The number of benzene rings is 1. The van der Waals surface area contributed by atoms with Gasteiger partial charge < -0.3 is 4.74 Å². The van der Waals surface area contributed by atoms with E-state index in [2.05, 4.69) is 4.72 Å². The summed E-state index contributed by atoms with van der Waals surface area (Å²) in [5.74, 6) is 0.300. The van der Waals surface area contributed by atoms with Gasteiger partial charge in [0.15, 0.2) is 0 Å². The third-order valence-corrected chi connectivity index (χ3v) is 4.55. The van der Waals surface area contributed by atoms with Gasteiger partial charge in [0.1, 0.15) is 0 Å². The molecule has 1 N–H and O–H groups in total. The van der Waals surface area contributed by atoms with Crippen LogP contribution in [0.1, 0.15) is 12.0 Å². The van der Waals surface area contributed by atoms with E-state index < -0.39 is 10.0 Å². The molecule has 1 saturated heterocycles. The summed E-state index contributed by atoms with van der Waals surface area (Å²) in [6.07, 6.45) is 0.927. The minimum absolute atomic E-state index is 0.300. The molecule has 94 valence electrons. The quantitative estimate of drug-likeness (QED) is 0.882. The number of hydrogen-bond acceptors (Lipinski definition) is 3. The second kappa shape index (κ2) is 5.16. The summed E-state index contributed by atoms with van der Waals surface area (Å²) in [5.41, 5.74) is 0.766. The van der Waals surface area contributed by atoms with Crippen molar-refractivity contribution < 1.29 is 13.2 Å².